The fraction of sp³-hybridized carbons (Fsp3) is 0.0714. The van der Waals surface area contributed by atoms with Crippen LogP contribution in [0.3, 0.4) is 0 Å². The number of carbonyl (C=O) groups excluding carboxylic acids is 1. The highest BCUT2D eigenvalue weighted by atomic mass is 16.3. The van der Waals surface area contributed by atoms with Gasteiger partial charge in [0.25, 0.3) is 5.91 Å². The van der Waals surface area contributed by atoms with Gasteiger partial charge >= 0.3 is 0 Å². The summed E-state index contributed by atoms with van der Waals surface area (Å²) in [5.74, 6) is 0.411. The van der Waals surface area contributed by atoms with Crippen molar-refractivity contribution in [2.75, 3.05) is 5.32 Å². The molecular weight excluding hydrogens is 396 g/mol. The van der Waals surface area contributed by atoms with E-state index >= 15 is 0 Å². The number of carbonyl (C=O) groups is 1. The van der Waals surface area contributed by atoms with Gasteiger partial charge in [0.1, 0.15) is 5.52 Å². The number of anilines is 1. The summed E-state index contributed by atoms with van der Waals surface area (Å²) in [4.78, 5) is 17.3. The van der Waals surface area contributed by atoms with Gasteiger partial charge in [0.05, 0.1) is 0 Å². The Balaban J connectivity index is 1.39. The second kappa shape index (κ2) is 8.16. The van der Waals surface area contributed by atoms with Gasteiger partial charge in [-0.05, 0) is 67.4 Å². The minimum atomic E-state index is -0.142. The second-order valence-electron chi connectivity index (χ2n) is 7.98. The van der Waals surface area contributed by atoms with Gasteiger partial charge in [0.2, 0.25) is 5.89 Å². The summed E-state index contributed by atoms with van der Waals surface area (Å²) in [7, 11) is 0. The number of aromatic nitrogens is 1. The van der Waals surface area contributed by atoms with Gasteiger partial charge in [0, 0.05) is 16.8 Å². The number of benzene rings is 4. The highest BCUT2D eigenvalue weighted by Gasteiger charge is 2.12. The summed E-state index contributed by atoms with van der Waals surface area (Å²) in [5, 5.41) is 2.96. The Morgan fingerprint density at radius 3 is 2.12 bits per heavy atom. The van der Waals surface area contributed by atoms with Gasteiger partial charge < -0.3 is 9.73 Å². The summed E-state index contributed by atoms with van der Waals surface area (Å²) in [6.45, 7) is 3.97. The maximum atomic E-state index is 12.7. The average Bonchev–Trinajstić information content (AvgIpc) is 3.22. The predicted octanol–water partition coefficient (Wildman–Crippen LogP) is 7.03. The number of hydrogen-bond acceptors (Lipinski definition) is 3. The Hall–Kier alpha value is -4.18. The van der Waals surface area contributed by atoms with Crippen LogP contribution in [0.25, 0.3) is 33.7 Å². The van der Waals surface area contributed by atoms with Crippen LogP contribution >= 0.6 is 0 Å². The molecule has 0 radical (unpaired) electrons. The van der Waals surface area contributed by atoms with E-state index in [0.29, 0.717) is 28.2 Å². The highest BCUT2D eigenvalue weighted by molar-refractivity contribution is 6.05. The molecule has 0 unspecified atom stereocenters. The second-order valence-corrected chi connectivity index (χ2v) is 7.98. The van der Waals surface area contributed by atoms with Crippen LogP contribution in [0.15, 0.2) is 95.4 Å². The van der Waals surface area contributed by atoms with Crippen LogP contribution in [0, 0.1) is 13.8 Å². The smallest absolute Gasteiger partial charge is 0.255 e. The molecule has 0 aliphatic heterocycles. The molecule has 0 aliphatic carbocycles. The largest absolute Gasteiger partial charge is 0.436 e. The third-order valence-corrected chi connectivity index (χ3v) is 5.37. The van der Waals surface area contributed by atoms with Crippen molar-refractivity contribution < 1.29 is 9.21 Å². The van der Waals surface area contributed by atoms with Crippen LogP contribution < -0.4 is 5.32 Å². The lowest BCUT2D eigenvalue weighted by molar-refractivity contribution is 0.102. The maximum Gasteiger partial charge on any atom is 0.255 e. The number of aryl methyl sites for hydroxylation is 2. The van der Waals surface area contributed by atoms with E-state index in [1.165, 1.54) is 5.56 Å². The fourth-order valence-electron chi connectivity index (χ4n) is 3.87. The molecule has 0 atom stereocenters. The van der Waals surface area contributed by atoms with Crippen molar-refractivity contribution in [1.82, 2.24) is 4.98 Å². The van der Waals surface area contributed by atoms with Gasteiger partial charge in [-0.15, -0.1) is 0 Å². The molecule has 0 fully saturated rings. The first-order valence-electron chi connectivity index (χ1n) is 10.5. The van der Waals surface area contributed by atoms with Crippen LogP contribution in [0.1, 0.15) is 21.5 Å². The molecule has 0 aliphatic rings. The van der Waals surface area contributed by atoms with E-state index < -0.39 is 0 Å². The molecule has 32 heavy (non-hydrogen) atoms. The van der Waals surface area contributed by atoms with E-state index in [1.807, 2.05) is 80.6 Å². The normalized spacial score (nSPS) is 10.9. The molecule has 4 nitrogen and oxygen atoms in total. The summed E-state index contributed by atoms with van der Waals surface area (Å²) < 4.78 is 5.95. The number of nitrogens with zero attached hydrogens (tertiary/aromatic N) is 1. The number of amides is 1. The Morgan fingerprint density at radius 1 is 0.750 bits per heavy atom. The zero-order valence-electron chi connectivity index (χ0n) is 17.9. The van der Waals surface area contributed by atoms with E-state index in [9.17, 15) is 4.79 Å². The van der Waals surface area contributed by atoms with Gasteiger partial charge in [0.15, 0.2) is 5.58 Å². The zero-order chi connectivity index (χ0) is 22.1. The van der Waals surface area contributed by atoms with E-state index in [4.69, 9.17) is 4.42 Å². The molecule has 0 spiro atoms. The first-order chi connectivity index (χ1) is 15.5. The molecule has 0 saturated carbocycles. The maximum absolute atomic E-state index is 12.7. The molecule has 0 saturated heterocycles. The molecule has 5 aromatic rings. The molecule has 1 aromatic heterocycles. The Kier molecular flexibility index (Phi) is 5.04. The molecule has 1 N–H and O–H groups in total. The van der Waals surface area contributed by atoms with Crippen molar-refractivity contribution in [3.8, 4) is 22.6 Å². The number of oxazole rings is 1. The standard InChI is InChI=1S/C28H22N2O2/c1-18-14-19(2)16-23(15-18)27(31)29-24-12-13-26-25(17-24)30-28(32-26)22-10-8-21(9-11-22)20-6-4-3-5-7-20/h3-17H,1-2H3,(H,29,31). The van der Waals surface area contributed by atoms with Crippen LogP contribution in [0.4, 0.5) is 5.69 Å². The van der Waals surface area contributed by atoms with Crippen molar-refractivity contribution in [3.05, 3.63) is 108 Å². The number of hydrogen-bond donors (Lipinski definition) is 1. The highest BCUT2D eigenvalue weighted by Crippen LogP contribution is 2.28. The zero-order valence-corrected chi connectivity index (χ0v) is 17.9. The molecule has 0 bridgehead atoms. The summed E-state index contributed by atoms with van der Waals surface area (Å²) in [6.07, 6.45) is 0. The first-order valence-corrected chi connectivity index (χ1v) is 10.5. The lowest BCUT2D eigenvalue weighted by Gasteiger charge is -2.07. The quantitative estimate of drug-likeness (QED) is 0.341. The van der Waals surface area contributed by atoms with Crippen molar-refractivity contribution in [1.29, 1.82) is 0 Å². The summed E-state index contributed by atoms with van der Waals surface area (Å²) in [6, 6.07) is 29.7. The van der Waals surface area contributed by atoms with Crippen LogP contribution in [0.2, 0.25) is 0 Å². The number of fused-ring (bicyclic) bond motifs is 1. The number of rotatable bonds is 4. The summed E-state index contributed by atoms with van der Waals surface area (Å²) in [5.41, 5.74) is 8.03. The lowest BCUT2D eigenvalue weighted by Crippen LogP contribution is -2.12. The Labute approximate surface area is 186 Å². The molecule has 4 heteroatoms. The van der Waals surface area contributed by atoms with Gasteiger partial charge in [-0.2, -0.15) is 0 Å². The predicted molar refractivity (Wildman–Crippen MR) is 129 cm³/mol. The topological polar surface area (TPSA) is 55.1 Å². The third-order valence-electron chi connectivity index (χ3n) is 5.37. The van der Waals surface area contributed by atoms with Crippen molar-refractivity contribution in [2.45, 2.75) is 13.8 Å². The van der Waals surface area contributed by atoms with Crippen LogP contribution in [-0.4, -0.2) is 10.9 Å². The number of nitrogens with one attached hydrogen (secondary N) is 1. The van der Waals surface area contributed by atoms with Crippen molar-refractivity contribution in [3.63, 3.8) is 0 Å². The van der Waals surface area contributed by atoms with Gasteiger partial charge in [-0.3, -0.25) is 4.79 Å². The fourth-order valence-corrected chi connectivity index (χ4v) is 3.87. The summed E-state index contributed by atoms with van der Waals surface area (Å²) >= 11 is 0. The van der Waals surface area contributed by atoms with Gasteiger partial charge in [-0.25, -0.2) is 4.98 Å². The average molecular weight is 418 g/mol. The van der Waals surface area contributed by atoms with E-state index in [-0.39, 0.29) is 5.91 Å². The monoisotopic (exact) mass is 418 g/mol. The molecule has 1 heterocycles. The molecule has 5 rings (SSSR count). The van der Waals surface area contributed by atoms with E-state index in [1.54, 1.807) is 0 Å². The van der Waals surface area contributed by atoms with Crippen LogP contribution in [0.5, 0.6) is 0 Å². The molecule has 1 amide bonds. The lowest BCUT2D eigenvalue weighted by atomic mass is 10.0. The SMILES string of the molecule is Cc1cc(C)cc(C(=O)Nc2ccc3oc(-c4ccc(-c5ccccc5)cc4)nc3c2)c1. The van der Waals surface area contributed by atoms with Crippen molar-refractivity contribution in [2.24, 2.45) is 0 Å². The minimum Gasteiger partial charge on any atom is -0.436 e. The molecule has 4 aromatic carbocycles. The Bertz CT molecular complexity index is 1400. The first kappa shape index (κ1) is 19.8. The minimum absolute atomic E-state index is 0.142. The van der Waals surface area contributed by atoms with E-state index in [0.717, 1.165) is 22.3 Å². The molecular formula is C28H22N2O2. The molecule has 156 valence electrons. The van der Waals surface area contributed by atoms with Crippen molar-refractivity contribution >= 4 is 22.7 Å². The van der Waals surface area contributed by atoms with Gasteiger partial charge in [-0.1, -0.05) is 59.7 Å². The third kappa shape index (κ3) is 4.03. The Morgan fingerprint density at radius 2 is 1.41 bits per heavy atom. The van der Waals surface area contributed by atoms with E-state index in [2.05, 4.69) is 34.6 Å². The van der Waals surface area contributed by atoms with Crippen LogP contribution in [-0.2, 0) is 0 Å².